The van der Waals surface area contributed by atoms with Crippen molar-refractivity contribution in [3.63, 3.8) is 0 Å². The van der Waals surface area contributed by atoms with Gasteiger partial charge in [0, 0.05) is 13.7 Å². The number of hydrogen-bond donors (Lipinski definition) is 0. The fourth-order valence-electron chi connectivity index (χ4n) is 1.27. The average molecular weight is 336 g/mol. The van der Waals surface area contributed by atoms with Crippen LogP contribution in [0.1, 0.15) is 0 Å². The maximum Gasteiger partial charge on any atom is 0.121 e. The molecule has 0 atom stereocenters. The summed E-state index contributed by atoms with van der Waals surface area (Å²) >= 11 is 5.96. The number of thioether (sulfide) groups is 1. The summed E-state index contributed by atoms with van der Waals surface area (Å²) in [6.07, 6.45) is 2.11. The summed E-state index contributed by atoms with van der Waals surface area (Å²) in [7, 11) is 1.71. The number of hydrogen-bond acceptors (Lipinski definition) is 3. The van der Waals surface area contributed by atoms with Gasteiger partial charge >= 0.3 is 0 Å². The van der Waals surface area contributed by atoms with Gasteiger partial charge in [0.25, 0.3) is 0 Å². The Labute approximate surface area is 105 Å². The fourth-order valence-corrected chi connectivity index (χ4v) is 3.89. The Balaban J connectivity index is 2.67. The second-order valence-electron chi connectivity index (χ2n) is 2.79. The topological polar surface area (TPSA) is 9.23 Å². The summed E-state index contributed by atoms with van der Waals surface area (Å²) in [5.41, 5.74) is 0. The van der Waals surface area contributed by atoms with E-state index in [9.17, 15) is 0 Å². The molecule has 0 spiro atoms. The number of fused-ring (bicyclic) bond motifs is 1. The van der Waals surface area contributed by atoms with Crippen molar-refractivity contribution in [2.75, 3.05) is 13.4 Å². The highest BCUT2D eigenvalue weighted by Gasteiger charge is 2.06. The number of rotatable bonds is 2. The predicted octanol–water partition coefficient (Wildman–Crippen LogP) is 4.24. The fraction of sp³-hybridized carbons (Fsp3) is 0.200. The molecule has 4 heteroatoms. The van der Waals surface area contributed by atoms with E-state index in [4.69, 9.17) is 4.74 Å². The molecule has 0 bridgehead atoms. The molecule has 14 heavy (non-hydrogen) atoms. The van der Waals surface area contributed by atoms with E-state index in [0.717, 1.165) is 5.75 Å². The summed E-state index contributed by atoms with van der Waals surface area (Å²) in [5, 5.41) is 1.33. The third kappa shape index (κ3) is 1.87. The first kappa shape index (κ1) is 10.6. The molecule has 0 saturated carbocycles. The molecule has 1 aromatic heterocycles. The molecule has 0 aliphatic rings. The lowest BCUT2D eigenvalue weighted by molar-refractivity contribution is 0.415. The molecule has 0 aliphatic carbocycles. The Bertz CT molecular complexity index is 464. The zero-order chi connectivity index (χ0) is 10.1. The minimum Gasteiger partial charge on any atom is -0.497 e. The smallest absolute Gasteiger partial charge is 0.121 e. The zero-order valence-corrected chi connectivity index (χ0v) is 11.6. The number of thiophene rings is 1. The van der Waals surface area contributed by atoms with Crippen molar-refractivity contribution in [1.29, 1.82) is 0 Å². The Kier molecular flexibility index (Phi) is 3.23. The average Bonchev–Trinajstić information content (AvgIpc) is 2.61. The van der Waals surface area contributed by atoms with Gasteiger partial charge in [-0.15, -0.1) is 23.1 Å². The Morgan fingerprint density at radius 1 is 1.36 bits per heavy atom. The maximum absolute atomic E-state index is 5.24. The normalized spacial score (nSPS) is 10.8. The molecule has 74 valence electrons. The van der Waals surface area contributed by atoms with Gasteiger partial charge in [0.1, 0.15) is 5.75 Å². The van der Waals surface area contributed by atoms with Gasteiger partial charge < -0.3 is 4.74 Å². The van der Waals surface area contributed by atoms with Crippen LogP contribution in [0.3, 0.4) is 0 Å². The molecular weight excluding hydrogens is 327 g/mol. The largest absolute Gasteiger partial charge is 0.497 e. The highest BCUT2D eigenvalue weighted by Crippen LogP contribution is 2.36. The van der Waals surface area contributed by atoms with Gasteiger partial charge in [0.15, 0.2) is 0 Å². The highest BCUT2D eigenvalue weighted by molar-refractivity contribution is 14.1. The van der Waals surface area contributed by atoms with Crippen molar-refractivity contribution in [2.45, 2.75) is 4.21 Å². The van der Waals surface area contributed by atoms with Crippen LogP contribution < -0.4 is 4.74 Å². The van der Waals surface area contributed by atoms with E-state index in [1.807, 2.05) is 11.3 Å². The first-order chi connectivity index (χ1) is 6.74. The van der Waals surface area contributed by atoms with E-state index >= 15 is 0 Å². The SMILES string of the molecule is COc1cc(I)c2cc(SC)sc2c1. The molecule has 1 heterocycles. The van der Waals surface area contributed by atoms with E-state index in [2.05, 4.69) is 47.0 Å². The van der Waals surface area contributed by atoms with E-state index in [0.29, 0.717) is 0 Å². The molecular formula is C10H9IOS2. The zero-order valence-electron chi connectivity index (χ0n) is 7.83. The van der Waals surface area contributed by atoms with Gasteiger partial charge in [-0.1, -0.05) is 0 Å². The Morgan fingerprint density at radius 3 is 2.79 bits per heavy atom. The summed E-state index contributed by atoms with van der Waals surface area (Å²) in [6.45, 7) is 0. The summed E-state index contributed by atoms with van der Waals surface area (Å²) in [6, 6.07) is 6.41. The lowest BCUT2D eigenvalue weighted by Gasteiger charge is -2.00. The third-order valence-electron chi connectivity index (χ3n) is 1.97. The van der Waals surface area contributed by atoms with Crippen LogP contribution in [0, 0.1) is 3.57 Å². The van der Waals surface area contributed by atoms with Gasteiger partial charge in [0.05, 0.1) is 11.3 Å². The van der Waals surface area contributed by atoms with Crippen molar-refractivity contribution < 1.29 is 4.74 Å². The quantitative estimate of drug-likeness (QED) is 0.599. The lowest BCUT2D eigenvalue weighted by atomic mass is 10.2. The molecule has 0 radical (unpaired) electrons. The van der Waals surface area contributed by atoms with E-state index < -0.39 is 0 Å². The van der Waals surface area contributed by atoms with Gasteiger partial charge in [-0.2, -0.15) is 0 Å². The van der Waals surface area contributed by atoms with Gasteiger partial charge in [-0.25, -0.2) is 0 Å². The number of halogens is 1. The van der Waals surface area contributed by atoms with Crippen LogP contribution in [0.4, 0.5) is 0 Å². The first-order valence-corrected chi connectivity index (χ1v) is 7.17. The van der Waals surface area contributed by atoms with Crippen molar-refractivity contribution in [2.24, 2.45) is 0 Å². The number of methoxy groups -OCH3 is 1. The van der Waals surface area contributed by atoms with E-state index in [-0.39, 0.29) is 0 Å². The minimum absolute atomic E-state index is 0.941. The van der Waals surface area contributed by atoms with Crippen LogP contribution >= 0.6 is 45.7 Å². The summed E-state index contributed by atoms with van der Waals surface area (Å²) in [5.74, 6) is 0.941. The molecule has 0 N–H and O–H groups in total. The van der Waals surface area contributed by atoms with E-state index in [1.54, 1.807) is 18.9 Å². The van der Waals surface area contributed by atoms with Gasteiger partial charge in [-0.3, -0.25) is 0 Å². The molecule has 0 aliphatic heterocycles. The molecule has 2 aromatic rings. The van der Waals surface area contributed by atoms with Crippen LogP contribution in [-0.2, 0) is 0 Å². The molecule has 0 saturated heterocycles. The van der Waals surface area contributed by atoms with Crippen LogP contribution in [0.5, 0.6) is 5.75 Å². The number of ether oxygens (including phenoxy) is 1. The molecule has 1 nitrogen and oxygen atoms in total. The van der Waals surface area contributed by atoms with Crippen LogP contribution in [0.15, 0.2) is 22.4 Å². The van der Waals surface area contributed by atoms with Gasteiger partial charge in [-0.05, 0) is 47.0 Å². The molecule has 0 amide bonds. The molecule has 2 rings (SSSR count). The second-order valence-corrected chi connectivity index (χ2v) is 6.14. The number of benzene rings is 1. The highest BCUT2D eigenvalue weighted by atomic mass is 127. The standard InChI is InChI=1S/C10H9IOS2/c1-12-6-3-8(11)7-5-10(13-2)14-9(7)4-6/h3-5H,1-2H3. The van der Waals surface area contributed by atoms with Crippen molar-refractivity contribution >= 4 is 55.8 Å². The van der Waals surface area contributed by atoms with Crippen molar-refractivity contribution in [3.05, 3.63) is 21.8 Å². The Hall–Kier alpha value is 0.0600. The van der Waals surface area contributed by atoms with Crippen molar-refractivity contribution in [3.8, 4) is 5.75 Å². The first-order valence-electron chi connectivity index (χ1n) is 4.05. The van der Waals surface area contributed by atoms with Crippen LogP contribution in [0.25, 0.3) is 10.1 Å². The van der Waals surface area contributed by atoms with Crippen molar-refractivity contribution in [1.82, 2.24) is 0 Å². The van der Waals surface area contributed by atoms with E-state index in [1.165, 1.54) is 17.9 Å². The van der Waals surface area contributed by atoms with Crippen LogP contribution in [0.2, 0.25) is 0 Å². The molecule has 0 fully saturated rings. The third-order valence-corrected chi connectivity index (χ3v) is 5.01. The minimum atomic E-state index is 0.941. The second kappa shape index (κ2) is 4.28. The van der Waals surface area contributed by atoms with Crippen LogP contribution in [-0.4, -0.2) is 13.4 Å². The Morgan fingerprint density at radius 2 is 2.14 bits per heavy atom. The summed E-state index contributed by atoms with van der Waals surface area (Å²) in [4.78, 5) is 0. The molecule has 0 unspecified atom stereocenters. The summed E-state index contributed by atoms with van der Waals surface area (Å²) < 4.78 is 9.16. The molecule has 1 aromatic carbocycles. The predicted molar refractivity (Wildman–Crippen MR) is 72.9 cm³/mol. The lowest BCUT2D eigenvalue weighted by Crippen LogP contribution is -1.82. The van der Waals surface area contributed by atoms with Gasteiger partial charge in [0.2, 0.25) is 0 Å². The maximum atomic E-state index is 5.24. The monoisotopic (exact) mass is 336 g/mol.